The van der Waals surface area contributed by atoms with Crippen LogP contribution >= 0.6 is 27.5 Å². The molecule has 2 aliphatic heterocycles. The molecule has 20 heavy (non-hydrogen) atoms. The molecule has 1 aromatic carbocycles. The van der Waals surface area contributed by atoms with E-state index in [0.29, 0.717) is 29.1 Å². The van der Waals surface area contributed by atoms with Crippen molar-refractivity contribution in [2.24, 2.45) is 11.8 Å². The predicted molar refractivity (Wildman–Crippen MR) is 84.1 cm³/mol. The minimum atomic E-state index is 0.00200. The number of hydrogen-bond acceptors (Lipinski definition) is 3. The van der Waals surface area contributed by atoms with E-state index in [1.54, 1.807) is 6.07 Å². The summed E-state index contributed by atoms with van der Waals surface area (Å²) in [7, 11) is 0. The molecule has 0 radical (unpaired) electrons. The summed E-state index contributed by atoms with van der Waals surface area (Å²) in [6.07, 6.45) is 0. The van der Waals surface area contributed by atoms with Crippen LogP contribution in [0.15, 0.2) is 22.7 Å². The summed E-state index contributed by atoms with van der Waals surface area (Å²) in [5.41, 5.74) is 0.668. The van der Waals surface area contributed by atoms with Gasteiger partial charge in [-0.15, -0.1) is 0 Å². The normalized spacial score (nSPS) is 25.7. The minimum Gasteiger partial charge on any atom is -0.324 e. The second kappa shape index (κ2) is 6.02. The maximum Gasteiger partial charge on any atom is 0.238 e. The lowest BCUT2D eigenvalue weighted by Gasteiger charge is -2.16. The van der Waals surface area contributed by atoms with Crippen LogP contribution < -0.4 is 10.6 Å². The average Bonchev–Trinajstić information content (AvgIpc) is 2.93. The zero-order valence-corrected chi connectivity index (χ0v) is 13.4. The standard InChI is InChI=1S/C14H17BrClN3O/c15-11-1-2-13(12(16)3-11)18-14(20)8-19-6-9-4-17-5-10(9)7-19/h1-3,9-10,17H,4-8H2,(H,18,20). The minimum absolute atomic E-state index is 0.00200. The van der Waals surface area contributed by atoms with E-state index in [2.05, 4.69) is 31.5 Å². The Morgan fingerprint density at radius 2 is 2.10 bits per heavy atom. The topological polar surface area (TPSA) is 44.4 Å². The van der Waals surface area contributed by atoms with Crippen molar-refractivity contribution in [1.82, 2.24) is 10.2 Å². The van der Waals surface area contributed by atoms with E-state index >= 15 is 0 Å². The van der Waals surface area contributed by atoms with E-state index in [0.717, 1.165) is 30.7 Å². The number of nitrogens with one attached hydrogen (secondary N) is 2. The van der Waals surface area contributed by atoms with Crippen LogP contribution in [-0.2, 0) is 4.79 Å². The third-order valence-electron chi connectivity index (χ3n) is 4.04. The van der Waals surface area contributed by atoms with Crippen molar-refractivity contribution < 1.29 is 4.79 Å². The Morgan fingerprint density at radius 3 is 2.75 bits per heavy atom. The molecule has 4 nitrogen and oxygen atoms in total. The first-order valence-corrected chi connectivity index (χ1v) is 7.97. The lowest BCUT2D eigenvalue weighted by atomic mass is 10.0. The molecule has 108 valence electrons. The van der Waals surface area contributed by atoms with Gasteiger partial charge in [-0.2, -0.15) is 0 Å². The number of likely N-dealkylation sites (tertiary alicyclic amines) is 1. The van der Waals surface area contributed by atoms with Crippen molar-refractivity contribution >= 4 is 39.1 Å². The lowest BCUT2D eigenvalue weighted by molar-refractivity contribution is -0.117. The highest BCUT2D eigenvalue weighted by Gasteiger charge is 2.36. The SMILES string of the molecule is O=C(CN1CC2CNCC2C1)Nc1ccc(Br)cc1Cl. The molecule has 0 bridgehead atoms. The van der Waals surface area contributed by atoms with Crippen molar-refractivity contribution in [1.29, 1.82) is 0 Å². The van der Waals surface area contributed by atoms with E-state index in [1.165, 1.54) is 0 Å². The van der Waals surface area contributed by atoms with Gasteiger partial charge in [0.05, 0.1) is 17.3 Å². The van der Waals surface area contributed by atoms with Crippen LogP contribution in [0.1, 0.15) is 0 Å². The van der Waals surface area contributed by atoms with Gasteiger partial charge in [0.2, 0.25) is 5.91 Å². The fraction of sp³-hybridized carbons (Fsp3) is 0.500. The Kier molecular flexibility index (Phi) is 4.31. The summed E-state index contributed by atoms with van der Waals surface area (Å²) >= 11 is 9.45. The maximum absolute atomic E-state index is 12.1. The monoisotopic (exact) mass is 357 g/mol. The number of fused-ring (bicyclic) bond motifs is 1. The van der Waals surface area contributed by atoms with Crippen molar-refractivity contribution in [3.8, 4) is 0 Å². The molecule has 0 aromatic heterocycles. The molecule has 2 heterocycles. The number of benzene rings is 1. The van der Waals surface area contributed by atoms with Crippen molar-refractivity contribution in [3.63, 3.8) is 0 Å². The van der Waals surface area contributed by atoms with Crippen LogP contribution in [0.3, 0.4) is 0 Å². The van der Waals surface area contributed by atoms with Gasteiger partial charge in [-0.25, -0.2) is 0 Å². The molecule has 1 amide bonds. The van der Waals surface area contributed by atoms with Gasteiger partial charge in [0.25, 0.3) is 0 Å². The molecule has 2 unspecified atom stereocenters. The zero-order valence-electron chi connectivity index (χ0n) is 11.0. The highest BCUT2D eigenvalue weighted by molar-refractivity contribution is 9.10. The first-order valence-electron chi connectivity index (χ1n) is 6.80. The van der Waals surface area contributed by atoms with Gasteiger partial charge in [-0.05, 0) is 43.1 Å². The van der Waals surface area contributed by atoms with Crippen LogP contribution in [-0.4, -0.2) is 43.5 Å². The number of nitrogens with zero attached hydrogens (tertiary/aromatic N) is 1. The maximum atomic E-state index is 12.1. The van der Waals surface area contributed by atoms with Gasteiger partial charge in [0.1, 0.15) is 0 Å². The van der Waals surface area contributed by atoms with E-state index < -0.39 is 0 Å². The number of hydrogen-bond donors (Lipinski definition) is 2. The van der Waals surface area contributed by atoms with Gasteiger partial charge >= 0.3 is 0 Å². The molecule has 6 heteroatoms. The number of amides is 1. The summed E-state index contributed by atoms with van der Waals surface area (Å²) < 4.78 is 0.903. The number of carbonyl (C=O) groups is 1. The van der Waals surface area contributed by atoms with Crippen LogP contribution in [0, 0.1) is 11.8 Å². The summed E-state index contributed by atoms with van der Waals surface area (Å²) in [5.74, 6) is 1.42. The van der Waals surface area contributed by atoms with Gasteiger partial charge in [-0.1, -0.05) is 27.5 Å². The Morgan fingerprint density at radius 1 is 1.40 bits per heavy atom. The zero-order chi connectivity index (χ0) is 14.1. The highest BCUT2D eigenvalue weighted by Crippen LogP contribution is 2.27. The van der Waals surface area contributed by atoms with Gasteiger partial charge in [0, 0.05) is 17.6 Å². The molecular weight excluding hydrogens is 342 g/mol. The van der Waals surface area contributed by atoms with Crippen molar-refractivity contribution in [3.05, 3.63) is 27.7 Å². The quantitative estimate of drug-likeness (QED) is 0.870. The number of anilines is 1. The largest absolute Gasteiger partial charge is 0.324 e. The van der Waals surface area contributed by atoms with Crippen LogP contribution in [0.25, 0.3) is 0 Å². The summed E-state index contributed by atoms with van der Waals surface area (Å²) in [6.45, 7) is 4.64. The molecule has 2 aliphatic rings. The number of carbonyl (C=O) groups excluding carboxylic acids is 1. The third-order valence-corrected chi connectivity index (χ3v) is 4.84. The Balaban J connectivity index is 1.55. The molecule has 2 fully saturated rings. The van der Waals surface area contributed by atoms with Crippen LogP contribution in [0.5, 0.6) is 0 Å². The molecule has 2 N–H and O–H groups in total. The molecule has 2 atom stereocenters. The van der Waals surface area contributed by atoms with E-state index in [1.807, 2.05) is 12.1 Å². The third kappa shape index (κ3) is 3.17. The molecule has 0 aliphatic carbocycles. The highest BCUT2D eigenvalue weighted by atomic mass is 79.9. The van der Waals surface area contributed by atoms with Crippen molar-refractivity contribution in [2.45, 2.75) is 0 Å². The molecule has 0 saturated carbocycles. The molecule has 0 spiro atoms. The van der Waals surface area contributed by atoms with E-state index in [9.17, 15) is 4.79 Å². The number of rotatable bonds is 3. The predicted octanol–water partition coefficient (Wildman–Crippen LogP) is 2.19. The Bertz CT molecular complexity index is 513. The Labute approximate surface area is 132 Å². The summed E-state index contributed by atoms with van der Waals surface area (Å²) in [4.78, 5) is 14.3. The van der Waals surface area contributed by atoms with Crippen LogP contribution in [0.2, 0.25) is 5.02 Å². The second-order valence-electron chi connectivity index (χ2n) is 5.54. The van der Waals surface area contributed by atoms with Gasteiger partial charge in [-0.3, -0.25) is 9.69 Å². The first-order chi connectivity index (χ1) is 9.61. The fourth-order valence-corrected chi connectivity index (χ4v) is 3.79. The Hall–Kier alpha value is -0.620. The average molecular weight is 359 g/mol. The van der Waals surface area contributed by atoms with Gasteiger partial charge < -0.3 is 10.6 Å². The first kappa shape index (κ1) is 14.3. The van der Waals surface area contributed by atoms with E-state index in [4.69, 9.17) is 11.6 Å². The van der Waals surface area contributed by atoms with Crippen molar-refractivity contribution in [2.75, 3.05) is 38.0 Å². The van der Waals surface area contributed by atoms with Gasteiger partial charge in [0.15, 0.2) is 0 Å². The second-order valence-corrected chi connectivity index (χ2v) is 6.87. The fourth-order valence-electron chi connectivity index (χ4n) is 3.07. The molecular formula is C14H17BrClN3O. The smallest absolute Gasteiger partial charge is 0.238 e. The summed E-state index contributed by atoms with van der Waals surface area (Å²) in [5, 5.41) is 6.83. The summed E-state index contributed by atoms with van der Waals surface area (Å²) in [6, 6.07) is 5.46. The van der Waals surface area contributed by atoms with E-state index in [-0.39, 0.29) is 5.91 Å². The molecule has 2 saturated heterocycles. The number of halogens is 2. The lowest BCUT2D eigenvalue weighted by Crippen LogP contribution is -2.33. The molecule has 3 rings (SSSR count). The molecule has 1 aromatic rings. The van der Waals surface area contributed by atoms with Crippen LogP contribution in [0.4, 0.5) is 5.69 Å².